The van der Waals surface area contributed by atoms with Crippen LogP contribution in [0.5, 0.6) is 0 Å². The van der Waals surface area contributed by atoms with Gasteiger partial charge in [0, 0.05) is 17.9 Å². The van der Waals surface area contributed by atoms with E-state index >= 15 is 0 Å². The number of benzene rings is 1. The molecular formula is C22H27N5O2S2. The molecule has 0 N–H and O–H groups in total. The quantitative estimate of drug-likeness (QED) is 0.254. The SMILES string of the molecule is CCOC(=O)C(C)Sc1nnc(CSc2nc(C)cc(C)n2)n1CCc1ccccc1. The Hall–Kier alpha value is -2.39. The molecule has 7 nitrogen and oxygen atoms in total. The number of nitrogens with zero attached hydrogens (tertiary/aromatic N) is 5. The molecule has 2 heterocycles. The van der Waals surface area contributed by atoms with Gasteiger partial charge in [-0.1, -0.05) is 53.9 Å². The number of ether oxygens (including phenoxy) is 1. The van der Waals surface area contributed by atoms with Crippen molar-refractivity contribution in [2.24, 2.45) is 0 Å². The summed E-state index contributed by atoms with van der Waals surface area (Å²) in [5.74, 6) is 1.19. The van der Waals surface area contributed by atoms with E-state index in [9.17, 15) is 4.79 Å². The Kier molecular flexibility index (Phi) is 8.48. The van der Waals surface area contributed by atoms with Crippen molar-refractivity contribution < 1.29 is 9.53 Å². The number of carbonyl (C=O) groups is 1. The molecule has 0 radical (unpaired) electrons. The molecule has 3 aromatic rings. The lowest BCUT2D eigenvalue weighted by Gasteiger charge is -2.13. The molecule has 31 heavy (non-hydrogen) atoms. The highest BCUT2D eigenvalue weighted by Crippen LogP contribution is 2.26. The number of aromatic nitrogens is 5. The molecule has 0 aliphatic heterocycles. The van der Waals surface area contributed by atoms with Crippen LogP contribution in [0, 0.1) is 13.8 Å². The number of rotatable bonds is 10. The predicted molar refractivity (Wildman–Crippen MR) is 123 cm³/mol. The fourth-order valence-corrected chi connectivity index (χ4v) is 4.76. The molecule has 9 heteroatoms. The van der Waals surface area contributed by atoms with Crippen molar-refractivity contribution in [2.45, 2.75) is 62.0 Å². The Morgan fingerprint density at radius 1 is 1.13 bits per heavy atom. The van der Waals surface area contributed by atoms with Gasteiger partial charge in [0.1, 0.15) is 11.1 Å². The van der Waals surface area contributed by atoms with Crippen LogP contribution >= 0.6 is 23.5 Å². The van der Waals surface area contributed by atoms with Crippen LogP contribution in [0.2, 0.25) is 0 Å². The first-order chi connectivity index (χ1) is 15.0. The van der Waals surface area contributed by atoms with Crippen molar-refractivity contribution in [3.05, 3.63) is 59.2 Å². The minimum Gasteiger partial charge on any atom is -0.465 e. The second-order valence-electron chi connectivity index (χ2n) is 7.02. The summed E-state index contributed by atoms with van der Waals surface area (Å²) in [6, 6.07) is 12.3. The number of thioether (sulfide) groups is 2. The summed E-state index contributed by atoms with van der Waals surface area (Å²) in [5.41, 5.74) is 3.13. The van der Waals surface area contributed by atoms with Gasteiger partial charge in [0.2, 0.25) is 0 Å². The molecule has 0 fully saturated rings. The van der Waals surface area contributed by atoms with Crippen LogP contribution in [0.1, 0.15) is 36.6 Å². The molecule has 1 aromatic carbocycles. The monoisotopic (exact) mass is 457 g/mol. The third-order valence-electron chi connectivity index (χ3n) is 4.45. The Bertz CT molecular complexity index is 990. The van der Waals surface area contributed by atoms with E-state index in [1.807, 2.05) is 52.0 Å². The van der Waals surface area contributed by atoms with Gasteiger partial charge in [-0.05, 0) is 45.7 Å². The van der Waals surface area contributed by atoms with E-state index in [2.05, 4.69) is 36.9 Å². The van der Waals surface area contributed by atoms with Gasteiger partial charge in [-0.2, -0.15) is 0 Å². The molecule has 0 saturated carbocycles. The van der Waals surface area contributed by atoms with E-state index in [0.717, 1.165) is 35.3 Å². The zero-order valence-electron chi connectivity index (χ0n) is 18.2. The highest BCUT2D eigenvalue weighted by atomic mass is 32.2. The number of hydrogen-bond acceptors (Lipinski definition) is 8. The van der Waals surface area contributed by atoms with Crippen molar-refractivity contribution >= 4 is 29.5 Å². The predicted octanol–water partition coefficient (Wildman–Crippen LogP) is 4.26. The van der Waals surface area contributed by atoms with E-state index in [4.69, 9.17) is 4.74 Å². The zero-order chi connectivity index (χ0) is 22.2. The smallest absolute Gasteiger partial charge is 0.319 e. The minimum atomic E-state index is -0.358. The molecule has 0 saturated heterocycles. The second kappa shape index (κ2) is 11.3. The van der Waals surface area contributed by atoms with Crippen molar-refractivity contribution in [2.75, 3.05) is 6.61 Å². The van der Waals surface area contributed by atoms with Gasteiger partial charge in [-0.25, -0.2) is 9.97 Å². The lowest BCUT2D eigenvalue weighted by molar-refractivity contribution is -0.142. The van der Waals surface area contributed by atoms with Gasteiger partial charge in [-0.3, -0.25) is 4.79 Å². The molecule has 1 unspecified atom stereocenters. The van der Waals surface area contributed by atoms with Gasteiger partial charge in [0.05, 0.1) is 12.4 Å². The molecular weight excluding hydrogens is 430 g/mol. The average molecular weight is 458 g/mol. The van der Waals surface area contributed by atoms with Gasteiger partial charge in [0.15, 0.2) is 10.3 Å². The first kappa shape index (κ1) is 23.3. The summed E-state index contributed by atoms with van der Waals surface area (Å²) in [6.45, 7) is 8.65. The summed E-state index contributed by atoms with van der Waals surface area (Å²) in [7, 11) is 0. The minimum absolute atomic E-state index is 0.246. The average Bonchev–Trinajstić information content (AvgIpc) is 3.12. The summed E-state index contributed by atoms with van der Waals surface area (Å²) in [6.07, 6.45) is 0.845. The van der Waals surface area contributed by atoms with Crippen LogP contribution in [-0.4, -0.2) is 42.6 Å². The Morgan fingerprint density at radius 2 is 1.84 bits per heavy atom. The largest absolute Gasteiger partial charge is 0.465 e. The summed E-state index contributed by atoms with van der Waals surface area (Å²) < 4.78 is 7.23. The summed E-state index contributed by atoms with van der Waals surface area (Å²) >= 11 is 2.91. The van der Waals surface area contributed by atoms with E-state index < -0.39 is 0 Å². The molecule has 0 amide bonds. The molecule has 1 atom stereocenters. The van der Waals surface area contributed by atoms with Crippen LogP contribution < -0.4 is 0 Å². The lowest BCUT2D eigenvalue weighted by atomic mass is 10.1. The highest BCUT2D eigenvalue weighted by molar-refractivity contribution is 8.00. The van der Waals surface area contributed by atoms with Gasteiger partial charge < -0.3 is 9.30 Å². The highest BCUT2D eigenvalue weighted by Gasteiger charge is 2.21. The van der Waals surface area contributed by atoms with Crippen LogP contribution in [0.3, 0.4) is 0 Å². The topological polar surface area (TPSA) is 82.8 Å². The van der Waals surface area contributed by atoms with Crippen molar-refractivity contribution in [1.82, 2.24) is 24.7 Å². The number of hydrogen-bond donors (Lipinski definition) is 0. The number of carbonyl (C=O) groups excluding carboxylic acids is 1. The zero-order valence-corrected chi connectivity index (χ0v) is 19.9. The Morgan fingerprint density at radius 3 is 2.52 bits per heavy atom. The maximum Gasteiger partial charge on any atom is 0.319 e. The van der Waals surface area contributed by atoms with Crippen LogP contribution in [0.4, 0.5) is 0 Å². The molecule has 0 aliphatic rings. The maximum atomic E-state index is 12.1. The van der Waals surface area contributed by atoms with E-state index in [-0.39, 0.29) is 11.2 Å². The van der Waals surface area contributed by atoms with Crippen molar-refractivity contribution in [3.63, 3.8) is 0 Å². The van der Waals surface area contributed by atoms with E-state index in [1.54, 1.807) is 0 Å². The summed E-state index contributed by atoms with van der Waals surface area (Å²) in [4.78, 5) is 21.1. The maximum absolute atomic E-state index is 12.1. The van der Waals surface area contributed by atoms with Crippen LogP contribution in [0.15, 0.2) is 46.7 Å². The van der Waals surface area contributed by atoms with Crippen LogP contribution in [-0.2, 0) is 28.2 Å². The van der Waals surface area contributed by atoms with Crippen LogP contribution in [0.25, 0.3) is 0 Å². The molecule has 0 bridgehead atoms. The van der Waals surface area contributed by atoms with Gasteiger partial charge in [-0.15, -0.1) is 10.2 Å². The third-order valence-corrected chi connectivity index (χ3v) is 6.36. The Balaban J connectivity index is 1.78. The van der Waals surface area contributed by atoms with E-state index in [1.165, 1.54) is 29.1 Å². The third kappa shape index (κ3) is 6.80. The summed E-state index contributed by atoms with van der Waals surface area (Å²) in [5, 5.41) is 9.87. The molecule has 2 aromatic heterocycles. The number of aryl methyl sites for hydroxylation is 3. The molecule has 0 spiro atoms. The first-order valence-corrected chi connectivity index (χ1v) is 12.1. The first-order valence-electron chi connectivity index (χ1n) is 10.2. The lowest BCUT2D eigenvalue weighted by Crippen LogP contribution is -2.18. The van der Waals surface area contributed by atoms with Crippen molar-refractivity contribution in [1.29, 1.82) is 0 Å². The molecule has 164 valence electrons. The second-order valence-corrected chi connectivity index (χ2v) is 9.27. The van der Waals surface area contributed by atoms with E-state index in [0.29, 0.717) is 17.5 Å². The standard InChI is InChI=1S/C22H27N5O2S2/c1-5-29-20(28)17(4)31-22-26-25-19(14-30-21-23-15(2)13-16(3)24-21)27(22)12-11-18-9-7-6-8-10-18/h6-10,13,17H,5,11-12,14H2,1-4H3. The van der Waals surface area contributed by atoms with Crippen molar-refractivity contribution in [3.8, 4) is 0 Å². The normalized spacial score (nSPS) is 12.0. The fraction of sp³-hybridized carbons (Fsp3) is 0.409. The Labute approximate surface area is 191 Å². The van der Waals surface area contributed by atoms with Gasteiger partial charge in [0.25, 0.3) is 0 Å². The molecule has 0 aliphatic carbocycles. The number of esters is 1. The van der Waals surface area contributed by atoms with Gasteiger partial charge >= 0.3 is 5.97 Å². The molecule has 3 rings (SSSR count). The fourth-order valence-electron chi connectivity index (χ4n) is 2.98.